The number of nitrogens with one attached hydrogen (secondary N) is 2. The molecule has 0 fully saturated rings. The van der Waals surface area contributed by atoms with Gasteiger partial charge >= 0.3 is 0 Å². The van der Waals surface area contributed by atoms with Crippen LogP contribution in [0.1, 0.15) is 41.3 Å². The molecule has 210 valence electrons. The van der Waals surface area contributed by atoms with Gasteiger partial charge < -0.3 is 14.9 Å². The minimum absolute atomic E-state index is 0.265. The molecule has 0 bridgehead atoms. The van der Waals surface area contributed by atoms with Crippen LogP contribution in [0.15, 0.2) is 134 Å². The summed E-state index contributed by atoms with van der Waals surface area (Å²) < 4.78 is 2.28. The number of para-hydroxylation sites is 1. The van der Waals surface area contributed by atoms with Crippen molar-refractivity contribution in [2.75, 3.05) is 6.54 Å². The van der Waals surface area contributed by atoms with Crippen molar-refractivity contribution in [3.05, 3.63) is 162 Å². The number of H-pyrrole nitrogens is 1. The number of aromatic amines is 1. The van der Waals surface area contributed by atoms with Crippen LogP contribution in [-0.2, 0) is 18.4 Å². The Kier molecular flexibility index (Phi) is 8.29. The van der Waals surface area contributed by atoms with Crippen LogP contribution in [0.2, 0.25) is 0 Å². The molecule has 2 N–H and O–H groups in total. The van der Waals surface area contributed by atoms with Gasteiger partial charge in [-0.1, -0.05) is 128 Å². The molecular weight excluding hydrogens is 533 g/mol. The number of thiocarbonyl (C=S) groups is 1. The van der Waals surface area contributed by atoms with E-state index in [1.54, 1.807) is 0 Å². The highest BCUT2D eigenvalue weighted by atomic mass is 32.1. The van der Waals surface area contributed by atoms with Gasteiger partial charge in [0.25, 0.3) is 0 Å². The standard InChI is InChI=1S/C37H36N4S/c1-28(24-29-25-39-35-22-12-11-21-34(29)35)36(42)38-23-13-20-33-26-41(27-40-33)37(30-14-5-2-6-15-30,31-16-7-3-8-17-31)32-18-9-4-10-19-32/h2-12,14-19,21-22,25-28,39H,13,20,23-24H2,1H3,(H,38,42). The zero-order chi connectivity index (χ0) is 28.8. The van der Waals surface area contributed by atoms with Crippen LogP contribution < -0.4 is 5.32 Å². The maximum Gasteiger partial charge on any atom is 0.121 e. The Bertz CT molecular complexity index is 1640. The Morgan fingerprint density at radius 2 is 1.40 bits per heavy atom. The number of benzene rings is 4. The Morgan fingerprint density at radius 1 is 0.833 bits per heavy atom. The Labute approximate surface area is 253 Å². The summed E-state index contributed by atoms with van der Waals surface area (Å²) in [6, 6.07) is 40.6. The molecule has 0 aliphatic rings. The molecule has 0 aliphatic carbocycles. The number of rotatable bonds is 11. The van der Waals surface area contributed by atoms with Crippen molar-refractivity contribution in [1.29, 1.82) is 0 Å². The quantitative estimate of drug-likeness (QED) is 0.0948. The fraction of sp³-hybridized carbons (Fsp3) is 0.189. The third kappa shape index (κ3) is 5.53. The molecule has 0 saturated heterocycles. The molecule has 42 heavy (non-hydrogen) atoms. The Hall–Kier alpha value is -4.48. The van der Waals surface area contributed by atoms with Gasteiger partial charge in [-0.05, 0) is 47.6 Å². The van der Waals surface area contributed by atoms with E-state index in [0.717, 1.165) is 36.5 Å². The van der Waals surface area contributed by atoms with E-state index in [1.165, 1.54) is 33.2 Å². The van der Waals surface area contributed by atoms with Crippen molar-refractivity contribution in [2.45, 2.75) is 31.7 Å². The second-order valence-corrected chi connectivity index (χ2v) is 11.4. The lowest BCUT2D eigenvalue weighted by molar-refractivity contribution is 0.514. The lowest BCUT2D eigenvalue weighted by atomic mass is 9.77. The molecule has 6 rings (SSSR count). The molecule has 0 aliphatic heterocycles. The normalized spacial score (nSPS) is 12.3. The maximum absolute atomic E-state index is 5.78. The summed E-state index contributed by atoms with van der Waals surface area (Å²) in [6.45, 7) is 3.03. The number of fused-ring (bicyclic) bond motifs is 1. The molecule has 0 saturated carbocycles. The summed E-state index contributed by atoms with van der Waals surface area (Å²) in [5, 5.41) is 4.79. The molecule has 0 spiro atoms. The minimum atomic E-state index is -0.535. The number of aryl methyl sites for hydroxylation is 1. The van der Waals surface area contributed by atoms with Crippen LogP contribution in [0.3, 0.4) is 0 Å². The van der Waals surface area contributed by atoms with E-state index in [9.17, 15) is 0 Å². The fourth-order valence-electron chi connectivity index (χ4n) is 6.04. The first-order chi connectivity index (χ1) is 20.7. The SMILES string of the molecule is CC(Cc1c[nH]c2ccccc12)C(=S)NCCCc1cn(C(c2ccccc2)(c2ccccc2)c2ccccc2)cn1. The molecule has 6 aromatic rings. The smallest absolute Gasteiger partial charge is 0.121 e. The number of imidazole rings is 1. The average Bonchev–Trinajstić information content (AvgIpc) is 3.69. The molecule has 5 heteroatoms. The highest BCUT2D eigenvalue weighted by Crippen LogP contribution is 2.40. The first kappa shape index (κ1) is 27.7. The van der Waals surface area contributed by atoms with E-state index in [-0.39, 0.29) is 5.92 Å². The topological polar surface area (TPSA) is 45.6 Å². The lowest BCUT2D eigenvalue weighted by Crippen LogP contribution is -2.36. The van der Waals surface area contributed by atoms with Gasteiger partial charge in [0.1, 0.15) is 5.54 Å². The first-order valence-electron chi connectivity index (χ1n) is 14.7. The maximum atomic E-state index is 5.78. The van der Waals surface area contributed by atoms with Crippen molar-refractivity contribution in [3.63, 3.8) is 0 Å². The van der Waals surface area contributed by atoms with Gasteiger partial charge in [0.05, 0.1) is 17.0 Å². The average molecular weight is 569 g/mol. The second-order valence-electron chi connectivity index (χ2n) is 10.9. The van der Waals surface area contributed by atoms with Crippen LogP contribution in [0, 0.1) is 5.92 Å². The van der Waals surface area contributed by atoms with Gasteiger partial charge in [0, 0.05) is 35.8 Å². The number of nitrogens with zero attached hydrogens (tertiary/aromatic N) is 2. The molecular formula is C37H36N4S. The van der Waals surface area contributed by atoms with E-state index >= 15 is 0 Å². The Balaban J connectivity index is 1.17. The van der Waals surface area contributed by atoms with Crippen molar-refractivity contribution in [2.24, 2.45) is 5.92 Å². The van der Waals surface area contributed by atoms with Crippen molar-refractivity contribution >= 4 is 28.1 Å². The first-order valence-corrected chi connectivity index (χ1v) is 15.1. The van der Waals surface area contributed by atoms with E-state index in [0.29, 0.717) is 0 Å². The lowest BCUT2D eigenvalue weighted by Gasteiger charge is -2.37. The summed E-state index contributed by atoms with van der Waals surface area (Å²) in [7, 11) is 0. The summed E-state index contributed by atoms with van der Waals surface area (Å²) in [4.78, 5) is 9.18. The van der Waals surface area contributed by atoms with Gasteiger partial charge in [-0.15, -0.1) is 0 Å². The molecule has 1 unspecified atom stereocenters. The molecule has 2 heterocycles. The van der Waals surface area contributed by atoms with Gasteiger partial charge in [0.15, 0.2) is 0 Å². The van der Waals surface area contributed by atoms with Gasteiger partial charge in [0.2, 0.25) is 0 Å². The summed E-state index contributed by atoms with van der Waals surface area (Å²) in [6.07, 6.45) is 9.05. The van der Waals surface area contributed by atoms with Crippen LogP contribution in [-0.4, -0.2) is 26.1 Å². The largest absolute Gasteiger partial charge is 0.379 e. The van der Waals surface area contributed by atoms with Gasteiger partial charge in [-0.25, -0.2) is 4.98 Å². The minimum Gasteiger partial charge on any atom is -0.379 e. The Morgan fingerprint density at radius 3 is 2.02 bits per heavy atom. The number of aromatic nitrogens is 3. The third-order valence-electron chi connectivity index (χ3n) is 8.16. The predicted octanol–water partition coefficient (Wildman–Crippen LogP) is 7.93. The van der Waals surface area contributed by atoms with Crippen LogP contribution in [0.25, 0.3) is 10.9 Å². The predicted molar refractivity (Wildman–Crippen MR) is 177 cm³/mol. The van der Waals surface area contributed by atoms with E-state index < -0.39 is 5.54 Å². The molecule has 4 aromatic carbocycles. The molecule has 0 radical (unpaired) electrons. The molecule has 1 atom stereocenters. The highest BCUT2D eigenvalue weighted by molar-refractivity contribution is 7.80. The van der Waals surface area contributed by atoms with E-state index in [4.69, 9.17) is 17.2 Å². The van der Waals surface area contributed by atoms with E-state index in [1.807, 2.05) is 6.33 Å². The molecule has 2 aromatic heterocycles. The number of hydrogen-bond acceptors (Lipinski definition) is 2. The third-order valence-corrected chi connectivity index (χ3v) is 8.70. The van der Waals surface area contributed by atoms with Gasteiger partial charge in [-0.3, -0.25) is 0 Å². The highest BCUT2D eigenvalue weighted by Gasteiger charge is 2.38. The van der Waals surface area contributed by atoms with Gasteiger partial charge in [-0.2, -0.15) is 0 Å². The monoisotopic (exact) mass is 568 g/mol. The zero-order valence-electron chi connectivity index (χ0n) is 23.9. The summed E-state index contributed by atoms with van der Waals surface area (Å²) in [5.74, 6) is 0.265. The van der Waals surface area contributed by atoms with E-state index in [2.05, 4.69) is 149 Å². The number of hydrogen-bond donors (Lipinski definition) is 2. The van der Waals surface area contributed by atoms with Crippen LogP contribution in [0.5, 0.6) is 0 Å². The van der Waals surface area contributed by atoms with Crippen LogP contribution in [0.4, 0.5) is 0 Å². The van der Waals surface area contributed by atoms with Crippen LogP contribution >= 0.6 is 12.2 Å². The fourth-order valence-corrected chi connectivity index (χ4v) is 6.23. The second kappa shape index (κ2) is 12.6. The summed E-state index contributed by atoms with van der Waals surface area (Å²) >= 11 is 5.78. The summed E-state index contributed by atoms with van der Waals surface area (Å²) in [5.41, 5.74) is 6.61. The van der Waals surface area contributed by atoms with Crippen molar-refractivity contribution in [1.82, 2.24) is 19.9 Å². The molecule has 4 nitrogen and oxygen atoms in total. The van der Waals surface area contributed by atoms with Crippen molar-refractivity contribution < 1.29 is 0 Å². The molecule has 0 amide bonds. The zero-order valence-corrected chi connectivity index (χ0v) is 24.7. The van der Waals surface area contributed by atoms with Crippen molar-refractivity contribution in [3.8, 4) is 0 Å².